The Morgan fingerprint density at radius 2 is 2.08 bits per heavy atom. The van der Waals surface area contributed by atoms with E-state index in [1.54, 1.807) is 29.2 Å². The molecule has 0 spiro atoms. The highest BCUT2D eigenvalue weighted by Crippen LogP contribution is 2.26. The van der Waals surface area contributed by atoms with Crippen LogP contribution < -0.4 is 10.9 Å². The van der Waals surface area contributed by atoms with Crippen LogP contribution in [0.15, 0.2) is 45.9 Å². The molecule has 3 aromatic rings. The van der Waals surface area contributed by atoms with Crippen molar-refractivity contribution in [2.45, 2.75) is 33.2 Å². The molecule has 1 aromatic carbocycles. The van der Waals surface area contributed by atoms with Crippen LogP contribution in [0.1, 0.15) is 30.5 Å². The van der Waals surface area contributed by atoms with Crippen LogP contribution in [0.5, 0.6) is 0 Å². The van der Waals surface area contributed by atoms with Gasteiger partial charge in [-0.1, -0.05) is 6.92 Å². The maximum Gasteiger partial charge on any atom is 0.336 e. The number of benzene rings is 1. The minimum atomic E-state index is -0.374. The summed E-state index contributed by atoms with van der Waals surface area (Å²) < 4.78 is 6.88. The van der Waals surface area contributed by atoms with E-state index in [-0.39, 0.29) is 17.6 Å². The van der Waals surface area contributed by atoms with E-state index in [0.717, 1.165) is 16.5 Å². The van der Waals surface area contributed by atoms with E-state index >= 15 is 0 Å². The zero-order chi connectivity index (χ0) is 17.3. The highest BCUT2D eigenvalue weighted by Gasteiger charge is 2.19. The molecule has 2 heterocycles. The monoisotopic (exact) mass is 325 g/mol. The van der Waals surface area contributed by atoms with Gasteiger partial charge in [0, 0.05) is 29.5 Å². The summed E-state index contributed by atoms with van der Waals surface area (Å²) in [7, 11) is 0. The van der Waals surface area contributed by atoms with Crippen LogP contribution >= 0.6 is 0 Å². The van der Waals surface area contributed by atoms with Crippen LogP contribution in [-0.2, 0) is 4.79 Å². The molecule has 1 atom stereocenters. The summed E-state index contributed by atoms with van der Waals surface area (Å²) in [6, 6.07) is 6.49. The number of anilines is 1. The summed E-state index contributed by atoms with van der Waals surface area (Å²) in [5.74, 6) is -0.126. The number of aromatic nitrogens is 2. The van der Waals surface area contributed by atoms with Crippen LogP contribution in [0.2, 0.25) is 0 Å². The van der Waals surface area contributed by atoms with Crippen LogP contribution in [-0.4, -0.2) is 15.7 Å². The van der Waals surface area contributed by atoms with Crippen molar-refractivity contribution < 1.29 is 9.21 Å². The molecule has 0 bridgehead atoms. The molecule has 0 unspecified atom stereocenters. The average Bonchev–Trinajstić information content (AvgIpc) is 3.03. The SMILES string of the molecule is CC[C@H](C(=O)Nc1cc2c(C)cc(=O)oc2cc1C)n1cccn1. The fraction of sp³-hybridized carbons (Fsp3) is 0.278. The summed E-state index contributed by atoms with van der Waals surface area (Å²) >= 11 is 0. The summed E-state index contributed by atoms with van der Waals surface area (Å²) in [4.78, 5) is 24.1. The molecule has 0 saturated heterocycles. The lowest BCUT2D eigenvalue weighted by atomic mass is 10.1. The van der Waals surface area contributed by atoms with Gasteiger partial charge in [0.15, 0.2) is 0 Å². The number of hydrogen-bond donors (Lipinski definition) is 1. The van der Waals surface area contributed by atoms with Gasteiger partial charge < -0.3 is 9.73 Å². The maximum atomic E-state index is 12.6. The second-order valence-corrected chi connectivity index (χ2v) is 5.81. The van der Waals surface area contributed by atoms with Gasteiger partial charge >= 0.3 is 5.63 Å². The summed E-state index contributed by atoms with van der Waals surface area (Å²) in [6.45, 7) is 5.66. The van der Waals surface area contributed by atoms with Crippen LogP contribution in [0.3, 0.4) is 0 Å². The van der Waals surface area contributed by atoms with Crippen molar-refractivity contribution in [2.75, 3.05) is 5.32 Å². The molecule has 1 amide bonds. The first-order valence-corrected chi connectivity index (χ1v) is 7.84. The summed E-state index contributed by atoms with van der Waals surface area (Å²) in [5, 5.41) is 7.92. The van der Waals surface area contributed by atoms with Gasteiger partial charge in [-0.05, 0) is 49.6 Å². The normalized spacial score (nSPS) is 12.3. The molecule has 2 aromatic heterocycles. The number of rotatable bonds is 4. The largest absolute Gasteiger partial charge is 0.423 e. The molecule has 3 rings (SSSR count). The standard InChI is InChI=1S/C18H19N3O3/c1-4-15(21-7-5-6-19-21)18(23)20-14-10-13-11(2)9-17(22)24-16(13)8-12(14)3/h5-10,15H,4H2,1-3H3,(H,20,23)/t15-/m1/s1. The fourth-order valence-electron chi connectivity index (χ4n) is 2.77. The third kappa shape index (κ3) is 2.95. The Morgan fingerprint density at radius 1 is 1.29 bits per heavy atom. The Labute approximate surface area is 139 Å². The highest BCUT2D eigenvalue weighted by atomic mass is 16.4. The predicted octanol–water partition coefficient (Wildman–Crippen LogP) is 3.20. The zero-order valence-electron chi connectivity index (χ0n) is 13.9. The predicted molar refractivity (Wildman–Crippen MR) is 92.1 cm³/mol. The van der Waals surface area contributed by atoms with E-state index in [0.29, 0.717) is 17.7 Å². The number of nitrogens with one attached hydrogen (secondary N) is 1. The van der Waals surface area contributed by atoms with Gasteiger partial charge in [-0.3, -0.25) is 9.48 Å². The van der Waals surface area contributed by atoms with Gasteiger partial charge in [-0.2, -0.15) is 5.10 Å². The number of fused-ring (bicyclic) bond motifs is 1. The number of carbonyl (C=O) groups is 1. The van der Waals surface area contributed by atoms with Gasteiger partial charge in [-0.25, -0.2) is 4.79 Å². The van der Waals surface area contributed by atoms with E-state index in [9.17, 15) is 9.59 Å². The van der Waals surface area contributed by atoms with Crippen LogP contribution in [0.25, 0.3) is 11.0 Å². The van der Waals surface area contributed by atoms with E-state index in [2.05, 4.69) is 10.4 Å². The molecule has 0 saturated carbocycles. The molecule has 6 nitrogen and oxygen atoms in total. The lowest BCUT2D eigenvalue weighted by Gasteiger charge is -2.17. The Morgan fingerprint density at radius 3 is 2.75 bits per heavy atom. The first kappa shape index (κ1) is 16.0. The van der Waals surface area contributed by atoms with Crippen molar-refractivity contribution in [1.82, 2.24) is 9.78 Å². The molecular formula is C18H19N3O3. The Balaban J connectivity index is 1.96. The smallest absolute Gasteiger partial charge is 0.336 e. The van der Waals surface area contributed by atoms with E-state index in [1.807, 2.05) is 26.8 Å². The lowest BCUT2D eigenvalue weighted by molar-refractivity contribution is -0.119. The minimum Gasteiger partial charge on any atom is -0.423 e. The molecule has 0 fully saturated rings. The van der Waals surface area contributed by atoms with Gasteiger partial charge in [0.2, 0.25) is 5.91 Å². The van der Waals surface area contributed by atoms with Crippen molar-refractivity contribution in [3.05, 3.63) is 58.2 Å². The van der Waals surface area contributed by atoms with Crippen molar-refractivity contribution in [2.24, 2.45) is 0 Å². The Kier molecular flexibility index (Phi) is 4.20. The zero-order valence-corrected chi connectivity index (χ0v) is 13.9. The van der Waals surface area contributed by atoms with E-state index in [1.165, 1.54) is 6.07 Å². The Hall–Kier alpha value is -2.89. The second kappa shape index (κ2) is 6.31. The summed E-state index contributed by atoms with van der Waals surface area (Å²) in [6.07, 6.45) is 4.07. The van der Waals surface area contributed by atoms with Gasteiger partial charge in [0.25, 0.3) is 0 Å². The average molecular weight is 325 g/mol. The lowest BCUT2D eigenvalue weighted by Crippen LogP contribution is -2.26. The molecule has 0 aliphatic carbocycles. The van der Waals surface area contributed by atoms with E-state index < -0.39 is 0 Å². The molecule has 0 aliphatic heterocycles. The van der Waals surface area contributed by atoms with Crippen molar-refractivity contribution >= 4 is 22.6 Å². The topological polar surface area (TPSA) is 77.1 Å². The number of aryl methyl sites for hydroxylation is 2. The van der Waals surface area contributed by atoms with Crippen molar-refractivity contribution in [1.29, 1.82) is 0 Å². The number of nitrogens with zero attached hydrogens (tertiary/aromatic N) is 2. The number of amides is 1. The third-order valence-corrected chi connectivity index (χ3v) is 4.09. The van der Waals surface area contributed by atoms with Gasteiger partial charge in [-0.15, -0.1) is 0 Å². The van der Waals surface area contributed by atoms with E-state index in [4.69, 9.17) is 4.42 Å². The van der Waals surface area contributed by atoms with Crippen molar-refractivity contribution in [3.8, 4) is 0 Å². The van der Waals surface area contributed by atoms with Crippen LogP contribution in [0, 0.1) is 13.8 Å². The first-order chi connectivity index (χ1) is 11.5. The number of hydrogen-bond acceptors (Lipinski definition) is 4. The highest BCUT2D eigenvalue weighted by molar-refractivity contribution is 5.97. The minimum absolute atomic E-state index is 0.126. The fourth-order valence-corrected chi connectivity index (χ4v) is 2.77. The Bertz CT molecular complexity index is 942. The van der Waals surface area contributed by atoms with Gasteiger partial charge in [0.05, 0.1) is 0 Å². The van der Waals surface area contributed by atoms with Crippen molar-refractivity contribution in [3.63, 3.8) is 0 Å². The number of carbonyl (C=O) groups excluding carboxylic acids is 1. The molecule has 24 heavy (non-hydrogen) atoms. The first-order valence-electron chi connectivity index (χ1n) is 7.84. The second-order valence-electron chi connectivity index (χ2n) is 5.81. The molecule has 0 aliphatic rings. The third-order valence-electron chi connectivity index (χ3n) is 4.09. The molecule has 0 radical (unpaired) electrons. The molecular weight excluding hydrogens is 306 g/mol. The molecule has 1 N–H and O–H groups in total. The maximum absolute atomic E-state index is 12.6. The quantitative estimate of drug-likeness (QED) is 0.747. The molecule has 124 valence electrons. The van der Waals surface area contributed by atoms with Crippen LogP contribution in [0.4, 0.5) is 5.69 Å². The van der Waals surface area contributed by atoms with Gasteiger partial charge in [0.1, 0.15) is 11.6 Å². The molecule has 6 heteroatoms. The summed E-state index contributed by atoms with van der Waals surface area (Å²) in [5.41, 5.74) is 2.50.